The number of benzene rings is 1. The molecular formula is C18H26N2O2. The van der Waals surface area contributed by atoms with Gasteiger partial charge in [-0.15, -0.1) is 0 Å². The highest BCUT2D eigenvalue weighted by molar-refractivity contribution is 5.70. The number of likely N-dealkylation sites (N-methyl/N-ethyl adjacent to an activating group) is 1. The number of unbranched alkanes of at least 4 members (excludes halogenated alkanes) is 1. The van der Waals surface area contributed by atoms with Crippen LogP contribution < -0.4 is 10.1 Å². The van der Waals surface area contributed by atoms with Gasteiger partial charge in [-0.3, -0.25) is 4.90 Å². The number of fused-ring (bicyclic) bond motifs is 3. The van der Waals surface area contributed by atoms with E-state index in [1.807, 2.05) is 6.07 Å². The molecule has 2 atom stereocenters. The molecule has 1 heterocycles. The lowest BCUT2D eigenvalue weighted by Gasteiger charge is -2.21. The molecule has 1 aromatic carbocycles. The minimum Gasteiger partial charge on any atom is -0.410 e. The highest BCUT2D eigenvalue weighted by Crippen LogP contribution is 2.44. The number of carbonyl (C=O) groups excluding carboxylic acids is 1. The van der Waals surface area contributed by atoms with Gasteiger partial charge in [-0.25, -0.2) is 4.79 Å². The average Bonchev–Trinajstić information content (AvgIpc) is 3.06. The van der Waals surface area contributed by atoms with E-state index in [0.717, 1.165) is 25.8 Å². The van der Waals surface area contributed by atoms with Gasteiger partial charge in [-0.05, 0) is 55.6 Å². The largest absolute Gasteiger partial charge is 0.412 e. The van der Waals surface area contributed by atoms with Crippen molar-refractivity contribution in [1.29, 1.82) is 0 Å². The van der Waals surface area contributed by atoms with Crippen molar-refractivity contribution in [3.05, 3.63) is 29.3 Å². The molecule has 0 bridgehead atoms. The maximum Gasteiger partial charge on any atom is 0.412 e. The van der Waals surface area contributed by atoms with Crippen LogP contribution in [0.25, 0.3) is 0 Å². The Hall–Kier alpha value is -1.55. The third-order valence-corrected chi connectivity index (χ3v) is 5.02. The molecule has 0 radical (unpaired) electrons. The van der Waals surface area contributed by atoms with Crippen molar-refractivity contribution in [1.82, 2.24) is 10.2 Å². The van der Waals surface area contributed by atoms with Crippen LogP contribution in [0.5, 0.6) is 5.75 Å². The first-order valence-corrected chi connectivity index (χ1v) is 8.55. The summed E-state index contributed by atoms with van der Waals surface area (Å²) >= 11 is 0. The monoisotopic (exact) mass is 302 g/mol. The van der Waals surface area contributed by atoms with E-state index in [1.54, 1.807) is 0 Å². The molecule has 1 N–H and O–H groups in total. The topological polar surface area (TPSA) is 41.6 Å². The maximum atomic E-state index is 11.8. The van der Waals surface area contributed by atoms with Crippen molar-refractivity contribution in [3.8, 4) is 5.75 Å². The number of nitrogens with zero attached hydrogens (tertiary/aromatic N) is 1. The van der Waals surface area contributed by atoms with Gasteiger partial charge in [0.05, 0.1) is 0 Å². The minimum atomic E-state index is -0.343. The number of hydrogen-bond acceptors (Lipinski definition) is 3. The molecule has 120 valence electrons. The summed E-state index contributed by atoms with van der Waals surface area (Å²) in [6, 6.07) is 6.79. The average molecular weight is 302 g/mol. The summed E-state index contributed by atoms with van der Waals surface area (Å²) in [7, 11) is 0. The Kier molecular flexibility index (Phi) is 4.67. The summed E-state index contributed by atoms with van der Waals surface area (Å²) in [4.78, 5) is 14.3. The SMILES string of the molecule is CCCCNC(=O)Oc1ccc2c(c1)[C@@H]1CCN(CC)[C@@H]1C2. The predicted octanol–water partition coefficient (Wildman–Crippen LogP) is 3.31. The molecule has 1 saturated heterocycles. The zero-order valence-electron chi connectivity index (χ0n) is 13.6. The van der Waals surface area contributed by atoms with Crippen LogP contribution >= 0.6 is 0 Å². The van der Waals surface area contributed by atoms with E-state index < -0.39 is 0 Å². The molecule has 4 heteroatoms. The fourth-order valence-electron chi connectivity index (χ4n) is 3.85. The van der Waals surface area contributed by atoms with Gasteiger partial charge in [-0.1, -0.05) is 26.3 Å². The molecule has 1 fully saturated rings. The molecule has 22 heavy (non-hydrogen) atoms. The fraction of sp³-hybridized carbons (Fsp3) is 0.611. The van der Waals surface area contributed by atoms with Gasteiger partial charge in [0.2, 0.25) is 0 Å². The summed E-state index contributed by atoms with van der Waals surface area (Å²) in [6.07, 6.45) is 4.06. The molecule has 1 aliphatic carbocycles. The number of carbonyl (C=O) groups is 1. The quantitative estimate of drug-likeness (QED) is 0.849. The maximum absolute atomic E-state index is 11.8. The van der Waals surface area contributed by atoms with Crippen LogP contribution in [0.15, 0.2) is 18.2 Å². The zero-order valence-corrected chi connectivity index (χ0v) is 13.6. The molecule has 2 aliphatic rings. The van der Waals surface area contributed by atoms with Crippen molar-refractivity contribution in [2.24, 2.45) is 0 Å². The molecule has 1 aromatic rings. The van der Waals surface area contributed by atoms with E-state index in [4.69, 9.17) is 4.74 Å². The Morgan fingerprint density at radius 1 is 1.41 bits per heavy atom. The van der Waals surface area contributed by atoms with E-state index in [2.05, 4.69) is 36.2 Å². The lowest BCUT2D eigenvalue weighted by atomic mass is 9.98. The van der Waals surface area contributed by atoms with Crippen LogP contribution in [-0.4, -0.2) is 36.7 Å². The number of nitrogens with one attached hydrogen (secondary N) is 1. The van der Waals surface area contributed by atoms with Crippen LogP contribution in [0.3, 0.4) is 0 Å². The van der Waals surface area contributed by atoms with E-state index in [0.29, 0.717) is 24.3 Å². The highest BCUT2D eigenvalue weighted by Gasteiger charge is 2.40. The van der Waals surface area contributed by atoms with Gasteiger partial charge in [-0.2, -0.15) is 0 Å². The van der Waals surface area contributed by atoms with Crippen molar-refractivity contribution in [2.75, 3.05) is 19.6 Å². The first kappa shape index (κ1) is 15.3. The van der Waals surface area contributed by atoms with Crippen LogP contribution in [0, 0.1) is 0 Å². The van der Waals surface area contributed by atoms with Crippen molar-refractivity contribution in [2.45, 2.75) is 51.5 Å². The Bertz CT molecular complexity index is 544. The van der Waals surface area contributed by atoms with E-state index in [1.165, 1.54) is 24.1 Å². The van der Waals surface area contributed by atoms with Crippen LogP contribution in [0.1, 0.15) is 50.2 Å². The van der Waals surface area contributed by atoms with E-state index >= 15 is 0 Å². The Labute approximate surface area is 132 Å². The third-order valence-electron chi connectivity index (χ3n) is 5.02. The minimum absolute atomic E-state index is 0.343. The Morgan fingerprint density at radius 2 is 2.27 bits per heavy atom. The summed E-state index contributed by atoms with van der Waals surface area (Å²) in [6.45, 7) is 7.33. The first-order valence-electron chi connectivity index (χ1n) is 8.55. The predicted molar refractivity (Wildman–Crippen MR) is 87.5 cm³/mol. The molecule has 0 saturated carbocycles. The van der Waals surface area contributed by atoms with Gasteiger partial charge in [0.1, 0.15) is 5.75 Å². The molecule has 0 aromatic heterocycles. The molecule has 3 rings (SSSR count). The van der Waals surface area contributed by atoms with Crippen LogP contribution in [0.4, 0.5) is 4.79 Å². The lowest BCUT2D eigenvalue weighted by Crippen LogP contribution is -2.30. The molecule has 1 amide bonds. The zero-order chi connectivity index (χ0) is 15.5. The summed E-state index contributed by atoms with van der Waals surface area (Å²) in [5.74, 6) is 1.28. The second-order valence-electron chi connectivity index (χ2n) is 6.33. The second-order valence-corrected chi connectivity index (χ2v) is 6.33. The van der Waals surface area contributed by atoms with Crippen molar-refractivity contribution < 1.29 is 9.53 Å². The number of likely N-dealkylation sites (tertiary alicyclic amines) is 1. The van der Waals surface area contributed by atoms with Crippen molar-refractivity contribution in [3.63, 3.8) is 0 Å². The molecular weight excluding hydrogens is 276 g/mol. The summed E-state index contributed by atoms with van der Waals surface area (Å²) in [5.41, 5.74) is 2.81. The van der Waals surface area contributed by atoms with Crippen LogP contribution in [0.2, 0.25) is 0 Å². The van der Waals surface area contributed by atoms with Gasteiger partial charge in [0.25, 0.3) is 0 Å². The molecule has 1 aliphatic heterocycles. The standard InChI is InChI=1S/C18H26N2O2/c1-3-5-9-19-18(21)22-14-7-6-13-11-17-15(16(13)12-14)8-10-20(17)4-2/h6-7,12,15,17H,3-5,8-11H2,1-2H3,(H,19,21)/t15-,17+/m0/s1. The van der Waals surface area contributed by atoms with E-state index in [-0.39, 0.29) is 6.09 Å². The van der Waals surface area contributed by atoms with Gasteiger partial charge in [0.15, 0.2) is 0 Å². The smallest absolute Gasteiger partial charge is 0.410 e. The lowest BCUT2D eigenvalue weighted by molar-refractivity contribution is 0.200. The fourth-order valence-corrected chi connectivity index (χ4v) is 3.85. The number of hydrogen-bond donors (Lipinski definition) is 1. The van der Waals surface area contributed by atoms with Gasteiger partial charge >= 0.3 is 6.09 Å². The Balaban J connectivity index is 1.66. The van der Waals surface area contributed by atoms with Crippen molar-refractivity contribution >= 4 is 6.09 Å². The summed E-state index contributed by atoms with van der Waals surface area (Å²) < 4.78 is 5.42. The molecule has 0 unspecified atom stereocenters. The Morgan fingerprint density at radius 3 is 3.05 bits per heavy atom. The second kappa shape index (κ2) is 6.69. The van der Waals surface area contributed by atoms with Gasteiger partial charge in [0, 0.05) is 18.5 Å². The first-order chi connectivity index (χ1) is 10.7. The normalized spacial score (nSPS) is 23.2. The number of rotatable bonds is 5. The third kappa shape index (κ3) is 2.98. The molecule has 0 spiro atoms. The number of ether oxygens (including phenoxy) is 1. The molecule has 4 nitrogen and oxygen atoms in total. The van der Waals surface area contributed by atoms with Crippen LogP contribution in [-0.2, 0) is 6.42 Å². The highest BCUT2D eigenvalue weighted by atomic mass is 16.6. The summed E-state index contributed by atoms with van der Waals surface area (Å²) in [5, 5.41) is 2.79. The number of amides is 1. The van der Waals surface area contributed by atoms with E-state index in [9.17, 15) is 4.79 Å². The van der Waals surface area contributed by atoms with Gasteiger partial charge < -0.3 is 10.1 Å².